The fraction of sp³-hybridized carbons (Fsp3) is 0.200. The Morgan fingerprint density at radius 3 is 2.81 bits per heavy atom. The third-order valence-electron chi connectivity index (χ3n) is 1.73. The number of thioether (sulfide) groups is 1. The van der Waals surface area contributed by atoms with Gasteiger partial charge in [-0.1, -0.05) is 11.8 Å². The van der Waals surface area contributed by atoms with Gasteiger partial charge in [0.05, 0.1) is 5.75 Å². The second-order valence-corrected chi connectivity index (χ2v) is 4.03. The van der Waals surface area contributed by atoms with Crippen LogP contribution >= 0.6 is 11.8 Å². The number of Topliss-reactive ketones (excluding diaryl/α,β-unsaturated/α-hetero) is 1. The van der Waals surface area contributed by atoms with E-state index < -0.39 is 0 Å². The summed E-state index contributed by atoms with van der Waals surface area (Å²) in [6.07, 6.45) is 3.31. The molecule has 2 rings (SSSR count). The van der Waals surface area contributed by atoms with Crippen molar-refractivity contribution in [1.82, 2.24) is 15.2 Å². The maximum absolute atomic E-state index is 10.8. The summed E-state index contributed by atoms with van der Waals surface area (Å²) >= 11 is 1.24. The molecule has 0 atom stereocenters. The molecule has 0 aliphatic rings. The normalized spacial score (nSPS) is 10.3. The highest BCUT2D eigenvalue weighted by Gasteiger charge is 2.09. The number of rotatable bonds is 4. The van der Waals surface area contributed by atoms with E-state index in [9.17, 15) is 4.79 Å². The van der Waals surface area contributed by atoms with E-state index in [0.717, 1.165) is 5.56 Å². The van der Waals surface area contributed by atoms with Crippen molar-refractivity contribution >= 4 is 17.5 Å². The SMILES string of the molecule is CC(=O)CSc1nnc(-c2ccncc2)o1. The molecule has 0 N–H and O–H groups in total. The van der Waals surface area contributed by atoms with Gasteiger partial charge in [0, 0.05) is 18.0 Å². The molecule has 0 unspecified atom stereocenters. The van der Waals surface area contributed by atoms with Crippen LogP contribution < -0.4 is 0 Å². The molecule has 2 heterocycles. The number of hydrogen-bond acceptors (Lipinski definition) is 6. The minimum absolute atomic E-state index is 0.0775. The zero-order valence-electron chi connectivity index (χ0n) is 8.58. The van der Waals surface area contributed by atoms with Crippen LogP contribution in [0.5, 0.6) is 0 Å². The van der Waals surface area contributed by atoms with Gasteiger partial charge in [-0.2, -0.15) is 0 Å². The monoisotopic (exact) mass is 235 g/mol. The Morgan fingerprint density at radius 2 is 2.12 bits per heavy atom. The third kappa shape index (κ3) is 2.66. The first-order chi connectivity index (χ1) is 7.75. The van der Waals surface area contributed by atoms with Crippen LogP contribution in [0.25, 0.3) is 11.5 Å². The summed E-state index contributed by atoms with van der Waals surface area (Å²) in [5.74, 6) is 0.861. The summed E-state index contributed by atoms with van der Waals surface area (Å²) in [5.41, 5.74) is 0.817. The Hall–Kier alpha value is -1.69. The molecule has 0 aliphatic carbocycles. The van der Waals surface area contributed by atoms with E-state index in [1.807, 2.05) is 0 Å². The number of carbonyl (C=O) groups excluding carboxylic acids is 1. The number of pyridine rings is 1. The maximum atomic E-state index is 10.8. The molecule has 0 aliphatic heterocycles. The van der Waals surface area contributed by atoms with Crippen molar-refractivity contribution in [3.8, 4) is 11.5 Å². The van der Waals surface area contributed by atoms with Crippen LogP contribution in [0.3, 0.4) is 0 Å². The van der Waals surface area contributed by atoms with Crippen molar-refractivity contribution in [2.24, 2.45) is 0 Å². The molecule has 0 aromatic carbocycles. The quantitative estimate of drug-likeness (QED) is 0.753. The van der Waals surface area contributed by atoms with Crippen molar-refractivity contribution in [3.05, 3.63) is 24.5 Å². The zero-order chi connectivity index (χ0) is 11.4. The Kier molecular flexibility index (Phi) is 3.31. The van der Waals surface area contributed by atoms with Gasteiger partial charge < -0.3 is 4.42 Å². The lowest BCUT2D eigenvalue weighted by Crippen LogP contribution is -1.92. The first kappa shape index (κ1) is 10.8. The summed E-state index contributed by atoms with van der Waals surface area (Å²) in [7, 11) is 0. The summed E-state index contributed by atoms with van der Waals surface area (Å²) in [4.78, 5) is 14.7. The van der Waals surface area contributed by atoms with Crippen molar-refractivity contribution in [1.29, 1.82) is 0 Å². The predicted octanol–water partition coefficient (Wildman–Crippen LogP) is 1.81. The molecule has 0 bridgehead atoms. The number of nitrogens with zero attached hydrogens (tertiary/aromatic N) is 3. The van der Waals surface area contributed by atoms with Crippen LogP contribution in [-0.2, 0) is 4.79 Å². The van der Waals surface area contributed by atoms with Crippen molar-refractivity contribution in [3.63, 3.8) is 0 Å². The fourth-order valence-corrected chi connectivity index (χ4v) is 1.61. The summed E-state index contributed by atoms with van der Waals surface area (Å²) in [6.45, 7) is 1.52. The molecule has 6 heteroatoms. The lowest BCUT2D eigenvalue weighted by Gasteiger charge is -1.92. The average Bonchev–Trinajstić information content (AvgIpc) is 2.76. The minimum Gasteiger partial charge on any atom is -0.411 e. The minimum atomic E-state index is 0.0775. The van der Waals surface area contributed by atoms with Crippen LogP contribution in [0.4, 0.5) is 0 Å². The molecule has 0 spiro atoms. The summed E-state index contributed by atoms with van der Waals surface area (Å²) in [6, 6.07) is 3.57. The maximum Gasteiger partial charge on any atom is 0.277 e. The van der Waals surface area contributed by atoms with Crippen LogP contribution in [0, 0.1) is 0 Å². The smallest absolute Gasteiger partial charge is 0.277 e. The van der Waals surface area contributed by atoms with Gasteiger partial charge in [0.25, 0.3) is 5.22 Å². The standard InChI is InChI=1S/C10H9N3O2S/c1-7(14)6-16-10-13-12-9(15-10)8-2-4-11-5-3-8/h2-5H,6H2,1H3. The highest BCUT2D eigenvalue weighted by Crippen LogP contribution is 2.22. The second-order valence-electron chi connectivity index (χ2n) is 3.10. The summed E-state index contributed by atoms with van der Waals surface area (Å²) in [5, 5.41) is 8.13. The molecular weight excluding hydrogens is 226 g/mol. The number of hydrogen-bond donors (Lipinski definition) is 0. The van der Waals surface area contributed by atoms with E-state index in [0.29, 0.717) is 16.9 Å². The first-order valence-electron chi connectivity index (χ1n) is 4.62. The van der Waals surface area contributed by atoms with Crippen LogP contribution in [0.1, 0.15) is 6.92 Å². The molecule has 0 fully saturated rings. The zero-order valence-corrected chi connectivity index (χ0v) is 9.40. The van der Waals surface area contributed by atoms with Gasteiger partial charge in [-0.3, -0.25) is 9.78 Å². The van der Waals surface area contributed by atoms with Crippen molar-refractivity contribution < 1.29 is 9.21 Å². The Balaban J connectivity index is 2.11. The number of carbonyl (C=O) groups is 1. The second kappa shape index (κ2) is 4.89. The summed E-state index contributed by atoms with van der Waals surface area (Å²) < 4.78 is 5.38. The van der Waals surface area contributed by atoms with Gasteiger partial charge in [-0.15, -0.1) is 10.2 Å². The van der Waals surface area contributed by atoms with E-state index in [1.165, 1.54) is 18.7 Å². The van der Waals surface area contributed by atoms with E-state index in [1.54, 1.807) is 24.5 Å². The number of ketones is 1. The lowest BCUT2D eigenvalue weighted by atomic mass is 10.3. The molecule has 0 saturated heterocycles. The average molecular weight is 235 g/mol. The Labute approximate surface area is 96.3 Å². The van der Waals surface area contributed by atoms with Crippen LogP contribution in [-0.4, -0.2) is 26.7 Å². The van der Waals surface area contributed by atoms with Crippen LogP contribution in [0.2, 0.25) is 0 Å². The van der Waals surface area contributed by atoms with E-state index in [4.69, 9.17) is 4.42 Å². The predicted molar refractivity (Wildman–Crippen MR) is 58.9 cm³/mol. The largest absolute Gasteiger partial charge is 0.411 e. The molecule has 0 amide bonds. The topological polar surface area (TPSA) is 68.9 Å². The molecule has 2 aromatic heterocycles. The fourth-order valence-electron chi connectivity index (χ4n) is 1.04. The third-order valence-corrected chi connectivity index (χ3v) is 2.70. The van der Waals surface area contributed by atoms with Gasteiger partial charge in [-0.25, -0.2) is 0 Å². The highest BCUT2D eigenvalue weighted by atomic mass is 32.2. The molecule has 0 radical (unpaired) electrons. The Morgan fingerprint density at radius 1 is 1.38 bits per heavy atom. The first-order valence-corrected chi connectivity index (χ1v) is 5.60. The number of aromatic nitrogens is 3. The van der Waals surface area contributed by atoms with Gasteiger partial charge >= 0.3 is 0 Å². The molecule has 82 valence electrons. The van der Waals surface area contributed by atoms with E-state index in [-0.39, 0.29) is 5.78 Å². The van der Waals surface area contributed by atoms with Gasteiger partial charge in [-0.05, 0) is 19.1 Å². The molecule has 0 saturated carbocycles. The molecule has 5 nitrogen and oxygen atoms in total. The van der Waals surface area contributed by atoms with Gasteiger partial charge in [0.2, 0.25) is 5.89 Å². The van der Waals surface area contributed by atoms with Gasteiger partial charge in [0.15, 0.2) is 0 Å². The lowest BCUT2D eigenvalue weighted by molar-refractivity contribution is -0.114. The molecule has 2 aromatic rings. The van der Waals surface area contributed by atoms with Crippen LogP contribution in [0.15, 0.2) is 34.2 Å². The van der Waals surface area contributed by atoms with E-state index in [2.05, 4.69) is 15.2 Å². The Bertz CT molecular complexity index is 484. The highest BCUT2D eigenvalue weighted by molar-refractivity contribution is 7.99. The van der Waals surface area contributed by atoms with E-state index >= 15 is 0 Å². The van der Waals surface area contributed by atoms with Crippen molar-refractivity contribution in [2.45, 2.75) is 12.1 Å². The molecule has 16 heavy (non-hydrogen) atoms. The molecular formula is C10H9N3O2S. The van der Waals surface area contributed by atoms with Gasteiger partial charge in [0.1, 0.15) is 5.78 Å². The van der Waals surface area contributed by atoms with Crippen molar-refractivity contribution in [2.75, 3.05) is 5.75 Å².